The molecule has 0 amide bonds. The number of likely N-dealkylation sites (N-methyl/N-ethyl adjacent to an activating group) is 1. The summed E-state index contributed by atoms with van der Waals surface area (Å²) in [7, 11) is 4.04. The Morgan fingerprint density at radius 3 is 2.85 bits per heavy atom. The molecular weight excluding hydrogens is 348 g/mol. The number of rotatable bonds is 3. The molecule has 134 valence electrons. The molecule has 1 unspecified atom stereocenters. The van der Waals surface area contributed by atoms with Crippen LogP contribution in [0.4, 0.5) is 11.4 Å². The van der Waals surface area contributed by atoms with E-state index in [9.17, 15) is 4.79 Å². The largest absolute Gasteiger partial charge is 0.371 e. The third-order valence-corrected chi connectivity index (χ3v) is 5.30. The summed E-state index contributed by atoms with van der Waals surface area (Å²) in [5, 5.41) is 0.548. The fourth-order valence-electron chi connectivity index (χ4n) is 3.57. The second-order valence-corrected chi connectivity index (χ2v) is 7.51. The Kier molecular flexibility index (Phi) is 4.41. The van der Waals surface area contributed by atoms with E-state index in [4.69, 9.17) is 11.6 Å². The molecule has 4 rings (SSSR count). The predicted octanol–water partition coefficient (Wildman–Crippen LogP) is 3.59. The predicted molar refractivity (Wildman–Crippen MR) is 105 cm³/mol. The van der Waals surface area contributed by atoms with Crippen molar-refractivity contribution in [2.24, 2.45) is 10.9 Å². The number of amidine groups is 1. The van der Waals surface area contributed by atoms with Crippen molar-refractivity contribution < 1.29 is 4.79 Å². The monoisotopic (exact) mass is 368 g/mol. The number of hydrogen-bond acceptors (Lipinski definition) is 5. The highest BCUT2D eigenvalue weighted by molar-refractivity contribution is 6.30. The van der Waals surface area contributed by atoms with Crippen molar-refractivity contribution in [2.75, 3.05) is 32.1 Å². The van der Waals surface area contributed by atoms with Gasteiger partial charge in [0.2, 0.25) is 0 Å². The van der Waals surface area contributed by atoms with Crippen LogP contribution in [0.25, 0.3) is 0 Å². The number of hydrogen-bond donors (Lipinski definition) is 0. The van der Waals surface area contributed by atoms with Gasteiger partial charge in [-0.25, -0.2) is 4.99 Å². The average Bonchev–Trinajstić information content (AvgIpc) is 3.28. The molecule has 26 heavy (non-hydrogen) atoms. The van der Waals surface area contributed by atoms with Crippen LogP contribution in [0.5, 0.6) is 0 Å². The van der Waals surface area contributed by atoms with E-state index >= 15 is 0 Å². The Morgan fingerprint density at radius 1 is 1.27 bits per heavy atom. The van der Waals surface area contributed by atoms with Crippen LogP contribution < -0.4 is 4.90 Å². The highest BCUT2D eigenvalue weighted by Crippen LogP contribution is 2.33. The zero-order valence-electron chi connectivity index (χ0n) is 14.9. The lowest BCUT2D eigenvalue weighted by atomic mass is 10.0. The maximum Gasteiger partial charge on any atom is 0.186 e. The average molecular weight is 369 g/mol. The lowest BCUT2D eigenvalue weighted by Gasteiger charge is -2.19. The summed E-state index contributed by atoms with van der Waals surface area (Å²) < 4.78 is 0. The minimum absolute atomic E-state index is 0.0227. The third kappa shape index (κ3) is 3.19. The second-order valence-electron chi connectivity index (χ2n) is 7.07. The van der Waals surface area contributed by atoms with Gasteiger partial charge < -0.3 is 9.80 Å². The van der Waals surface area contributed by atoms with E-state index in [-0.39, 0.29) is 11.7 Å². The minimum atomic E-state index is -0.0227. The normalized spacial score (nSPS) is 18.7. The number of anilines is 1. The van der Waals surface area contributed by atoms with Gasteiger partial charge in [0.25, 0.3) is 0 Å². The number of halogens is 1. The summed E-state index contributed by atoms with van der Waals surface area (Å²) in [6, 6.07) is 9.83. The Bertz CT molecular complexity index is 876. The molecule has 5 nitrogen and oxygen atoms in total. The van der Waals surface area contributed by atoms with Gasteiger partial charge in [0.15, 0.2) is 5.78 Å². The molecule has 2 aliphatic heterocycles. The van der Waals surface area contributed by atoms with E-state index in [1.165, 1.54) is 17.4 Å². The van der Waals surface area contributed by atoms with Gasteiger partial charge in [-0.15, -0.1) is 0 Å². The number of carbonyl (C=O) groups excluding carboxylic acids is 1. The number of aliphatic imine (C=N–C) groups is 1. The molecule has 0 saturated carbocycles. The first-order chi connectivity index (χ1) is 12.5. The number of benzene rings is 1. The molecule has 0 radical (unpaired) electrons. The molecule has 0 N–H and O–H groups in total. The first-order valence-corrected chi connectivity index (χ1v) is 9.17. The summed E-state index contributed by atoms with van der Waals surface area (Å²) in [5.74, 6) is 1.16. The van der Waals surface area contributed by atoms with E-state index in [2.05, 4.69) is 38.0 Å². The standard InChI is InChI=1S/C20H21ClN4O/c1-24(2)19-10-14-9-16(4-6-17(14)23-19)25-8-7-13(12-25)20(26)18-5-3-15(21)11-22-18/h3-6,9,11,13H,7-8,10,12H2,1-2H3. The third-order valence-electron chi connectivity index (χ3n) is 5.08. The molecule has 0 aliphatic carbocycles. The second kappa shape index (κ2) is 6.72. The fraction of sp³-hybridized carbons (Fsp3) is 0.350. The Labute approximate surface area is 158 Å². The van der Waals surface area contributed by atoms with Crippen LogP contribution in [-0.4, -0.2) is 48.7 Å². The van der Waals surface area contributed by atoms with Gasteiger partial charge in [0.05, 0.1) is 10.7 Å². The maximum absolute atomic E-state index is 12.7. The Morgan fingerprint density at radius 2 is 2.12 bits per heavy atom. The van der Waals surface area contributed by atoms with E-state index in [0.717, 1.165) is 37.5 Å². The van der Waals surface area contributed by atoms with Gasteiger partial charge in [-0.2, -0.15) is 0 Å². The van der Waals surface area contributed by atoms with E-state index in [1.54, 1.807) is 12.1 Å². The summed E-state index contributed by atoms with van der Waals surface area (Å²) in [5.41, 5.74) is 3.97. The lowest BCUT2D eigenvalue weighted by Crippen LogP contribution is -2.23. The van der Waals surface area contributed by atoms with Gasteiger partial charge in [-0.3, -0.25) is 9.78 Å². The Balaban J connectivity index is 1.46. The van der Waals surface area contributed by atoms with Gasteiger partial charge in [-0.1, -0.05) is 11.6 Å². The molecular formula is C20H21ClN4O. The van der Waals surface area contributed by atoms with Crippen LogP contribution >= 0.6 is 11.6 Å². The van der Waals surface area contributed by atoms with Crippen molar-refractivity contribution in [3.63, 3.8) is 0 Å². The molecule has 2 aliphatic rings. The molecule has 1 fully saturated rings. The topological polar surface area (TPSA) is 48.8 Å². The summed E-state index contributed by atoms with van der Waals surface area (Å²) in [6.45, 7) is 1.60. The first kappa shape index (κ1) is 17.0. The van der Waals surface area contributed by atoms with Crippen LogP contribution in [0.15, 0.2) is 41.5 Å². The van der Waals surface area contributed by atoms with Crippen LogP contribution in [0.2, 0.25) is 5.02 Å². The van der Waals surface area contributed by atoms with Crippen molar-refractivity contribution in [2.45, 2.75) is 12.8 Å². The van der Waals surface area contributed by atoms with Crippen molar-refractivity contribution in [1.82, 2.24) is 9.88 Å². The SMILES string of the molecule is CN(C)C1=Nc2ccc(N3CCC(C(=O)c4ccc(Cl)cn4)C3)cc2C1. The first-order valence-electron chi connectivity index (χ1n) is 8.80. The summed E-state index contributed by atoms with van der Waals surface area (Å²) in [4.78, 5) is 25.9. The van der Waals surface area contributed by atoms with Crippen LogP contribution in [0.3, 0.4) is 0 Å². The van der Waals surface area contributed by atoms with Crippen LogP contribution in [-0.2, 0) is 6.42 Å². The van der Waals surface area contributed by atoms with E-state index < -0.39 is 0 Å². The van der Waals surface area contributed by atoms with E-state index in [1.807, 2.05) is 14.1 Å². The molecule has 0 bridgehead atoms. The molecule has 1 atom stereocenters. The molecule has 1 saturated heterocycles. The van der Waals surface area contributed by atoms with Crippen molar-refractivity contribution in [3.05, 3.63) is 52.8 Å². The van der Waals surface area contributed by atoms with Crippen LogP contribution in [0, 0.1) is 5.92 Å². The summed E-state index contributed by atoms with van der Waals surface area (Å²) >= 11 is 5.86. The number of Topliss-reactive ketones (excluding diaryl/α,β-unsaturated/α-hetero) is 1. The number of pyridine rings is 1. The van der Waals surface area contributed by atoms with Crippen LogP contribution in [0.1, 0.15) is 22.5 Å². The van der Waals surface area contributed by atoms with E-state index in [0.29, 0.717) is 10.7 Å². The number of ketones is 1. The zero-order chi connectivity index (χ0) is 18.3. The molecule has 0 spiro atoms. The summed E-state index contributed by atoms with van der Waals surface area (Å²) in [6.07, 6.45) is 3.24. The van der Waals surface area contributed by atoms with Gasteiger partial charge in [0, 0.05) is 51.4 Å². The minimum Gasteiger partial charge on any atom is -0.371 e. The quantitative estimate of drug-likeness (QED) is 0.777. The number of fused-ring (bicyclic) bond motifs is 1. The number of carbonyl (C=O) groups is 1. The number of aromatic nitrogens is 1. The number of nitrogens with zero attached hydrogens (tertiary/aromatic N) is 4. The molecule has 6 heteroatoms. The smallest absolute Gasteiger partial charge is 0.186 e. The van der Waals surface area contributed by atoms with Gasteiger partial charge in [0.1, 0.15) is 11.5 Å². The maximum atomic E-state index is 12.7. The Hall–Kier alpha value is -2.40. The van der Waals surface area contributed by atoms with Crippen molar-refractivity contribution in [3.8, 4) is 0 Å². The highest BCUT2D eigenvalue weighted by Gasteiger charge is 2.30. The van der Waals surface area contributed by atoms with Gasteiger partial charge in [-0.05, 0) is 42.3 Å². The van der Waals surface area contributed by atoms with Crippen molar-refractivity contribution >= 4 is 34.6 Å². The fourth-order valence-corrected chi connectivity index (χ4v) is 3.68. The zero-order valence-corrected chi connectivity index (χ0v) is 15.7. The molecule has 2 aromatic rings. The molecule has 1 aromatic heterocycles. The lowest BCUT2D eigenvalue weighted by molar-refractivity contribution is 0.0926. The highest BCUT2D eigenvalue weighted by atomic mass is 35.5. The molecule has 1 aromatic carbocycles. The molecule has 3 heterocycles. The van der Waals surface area contributed by atoms with Crippen molar-refractivity contribution in [1.29, 1.82) is 0 Å². The van der Waals surface area contributed by atoms with Gasteiger partial charge >= 0.3 is 0 Å².